The second kappa shape index (κ2) is 3.84. The molecule has 0 aliphatic heterocycles. The molecule has 0 N–H and O–H groups in total. The largest absolute Gasteiger partial charge is 0.294 e. The molecule has 2 unspecified atom stereocenters. The summed E-state index contributed by atoms with van der Waals surface area (Å²) in [5.74, 6) is 0.554. The summed E-state index contributed by atoms with van der Waals surface area (Å²) in [7, 11) is 0. The Bertz CT molecular complexity index is 480. The van der Waals surface area contributed by atoms with E-state index < -0.39 is 0 Å². The number of hydrogen-bond donors (Lipinski definition) is 0. The smallest absolute Gasteiger partial charge is 0.166 e. The Balaban J connectivity index is 2.09. The molecule has 0 amide bonds. The van der Waals surface area contributed by atoms with Gasteiger partial charge in [-0.3, -0.25) is 4.79 Å². The molecule has 0 aromatic heterocycles. The first kappa shape index (κ1) is 11.3. The van der Waals surface area contributed by atoms with Gasteiger partial charge in [0.2, 0.25) is 0 Å². The summed E-state index contributed by atoms with van der Waals surface area (Å²) in [6.07, 6.45) is 5.74. The monoisotopic (exact) mass is 248 g/mol. The van der Waals surface area contributed by atoms with E-state index in [4.69, 9.17) is 11.6 Å². The van der Waals surface area contributed by atoms with Gasteiger partial charge in [0.25, 0.3) is 0 Å². The highest BCUT2D eigenvalue weighted by Crippen LogP contribution is 2.48. The Morgan fingerprint density at radius 1 is 1.35 bits per heavy atom. The number of halogens is 1. The van der Waals surface area contributed by atoms with E-state index in [1.807, 2.05) is 18.2 Å². The molecule has 2 atom stereocenters. The lowest BCUT2D eigenvalue weighted by atomic mass is 9.59. The Labute approximate surface area is 107 Å². The molecule has 0 radical (unpaired) electrons. The number of rotatable bonds is 0. The molecule has 1 fully saturated rings. The van der Waals surface area contributed by atoms with Crippen molar-refractivity contribution in [3.05, 3.63) is 34.3 Å². The number of carbonyl (C=O) groups excluding carboxylic acids is 1. The molecule has 1 aromatic rings. The van der Waals surface area contributed by atoms with Gasteiger partial charge in [0, 0.05) is 16.5 Å². The lowest BCUT2D eigenvalue weighted by Gasteiger charge is -2.44. The van der Waals surface area contributed by atoms with Crippen molar-refractivity contribution in [3.8, 4) is 0 Å². The zero-order valence-corrected chi connectivity index (χ0v) is 10.9. The lowest BCUT2D eigenvalue weighted by molar-refractivity contribution is 0.0602. The minimum absolute atomic E-state index is 0.191. The Hall–Kier alpha value is -0.820. The molecule has 17 heavy (non-hydrogen) atoms. The standard InChI is InChI=1S/C15H17ClO/c1-15-7-3-2-4-13(15)14(17)12-8-11(16)6-5-10(12)9-15/h5-6,8,13H,2-4,7,9H2,1H3. The van der Waals surface area contributed by atoms with Gasteiger partial charge in [0.15, 0.2) is 5.78 Å². The van der Waals surface area contributed by atoms with Gasteiger partial charge in [-0.05, 0) is 42.4 Å². The van der Waals surface area contributed by atoms with Crippen molar-refractivity contribution < 1.29 is 4.79 Å². The third kappa shape index (κ3) is 1.72. The number of fused-ring (bicyclic) bond motifs is 2. The first-order valence-electron chi connectivity index (χ1n) is 6.43. The Kier molecular flexibility index (Phi) is 2.55. The molecular weight excluding hydrogens is 232 g/mol. The van der Waals surface area contributed by atoms with Gasteiger partial charge in [-0.25, -0.2) is 0 Å². The molecule has 2 heteroatoms. The van der Waals surface area contributed by atoms with Crippen molar-refractivity contribution >= 4 is 17.4 Å². The summed E-state index contributed by atoms with van der Waals surface area (Å²) < 4.78 is 0. The summed E-state index contributed by atoms with van der Waals surface area (Å²) in [6, 6.07) is 5.79. The average molecular weight is 249 g/mol. The van der Waals surface area contributed by atoms with E-state index in [-0.39, 0.29) is 11.3 Å². The SMILES string of the molecule is CC12CCCCC1C(=O)c1cc(Cl)ccc1C2. The van der Waals surface area contributed by atoms with E-state index in [2.05, 4.69) is 6.92 Å². The van der Waals surface area contributed by atoms with Crippen LogP contribution in [-0.2, 0) is 6.42 Å². The second-order valence-corrected chi connectivity index (χ2v) is 6.23. The van der Waals surface area contributed by atoms with Gasteiger partial charge < -0.3 is 0 Å². The van der Waals surface area contributed by atoms with Crippen LogP contribution in [0.25, 0.3) is 0 Å². The fourth-order valence-electron chi connectivity index (χ4n) is 3.61. The summed E-state index contributed by atoms with van der Waals surface area (Å²) in [4.78, 5) is 12.5. The number of hydrogen-bond acceptors (Lipinski definition) is 1. The van der Waals surface area contributed by atoms with Crippen LogP contribution in [0.3, 0.4) is 0 Å². The molecule has 90 valence electrons. The van der Waals surface area contributed by atoms with E-state index in [9.17, 15) is 4.79 Å². The molecule has 2 aliphatic rings. The minimum atomic E-state index is 0.191. The highest BCUT2D eigenvalue weighted by Gasteiger charge is 2.45. The van der Waals surface area contributed by atoms with Gasteiger partial charge in [0.05, 0.1) is 0 Å². The predicted molar refractivity (Wildman–Crippen MR) is 69.6 cm³/mol. The van der Waals surface area contributed by atoms with Crippen LogP contribution in [-0.4, -0.2) is 5.78 Å². The Morgan fingerprint density at radius 2 is 2.18 bits per heavy atom. The van der Waals surface area contributed by atoms with Crippen LogP contribution in [0, 0.1) is 11.3 Å². The zero-order valence-electron chi connectivity index (χ0n) is 10.1. The maximum atomic E-state index is 12.5. The maximum absolute atomic E-state index is 12.5. The van der Waals surface area contributed by atoms with E-state index in [1.165, 1.54) is 24.8 Å². The molecule has 0 heterocycles. The zero-order chi connectivity index (χ0) is 12.0. The van der Waals surface area contributed by atoms with Crippen molar-refractivity contribution in [1.29, 1.82) is 0 Å². The van der Waals surface area contributed by atoms with Crippen LogP contribution in [0.1, 0.15) is 48.5 Å². The molecule has 2 aliphatic carbocycles. The lowest BCUT2D eigenvalue weighted by Crippen LogP contribution is -2.42. The van der Waals surface area contributed by atoms with E-state index in [0.29, 0.717) is 10.8 Å². The third-order valence-corrected chi connectivity index (χ3v) is 4.82. The van der Waals surface area contributed by atoms with Crippen molar-refractivity contribution in [1.82, 2.24) is 0 Å². The fourth-order valence-corrected chi connectivity index (χ4v) is 3.79. The van der Waals surface area contributed by atoms with Crippen molar-refractivity contribution in [2.75, 3.05) is 0 Å². The average Bonchev–Trinajstić information content (AvgIpc) is 2.30. The van der Waals surface area contributed by atoms with Gasteiger partial charge in [-0.2, -0.15) is 0 Å². The van der Waals surface area contributed by atoms with E-state index in [1.54, 1.807) is 0 Å². The molecular formula is C15H17ClO. The van der Waals surface area contributed by atoms with Crippen LogP contribution >= 0.6 is 11.6 Å². The van der Waals surface area contributed by atoms with Gasteiger partial charge >= 0.3 is 0 Å². The molecule has 0 bridgehead atoms. The van der Waals surface area contributed by atoms with Gasteiger partial charge in [-0.1, -0.05) is 37.4 Å². The fraction of sp³-hybridized carbons (Fsp3) is 0.533. The van der Waals surface area contributed by atoms with Crippen molar-refractivity contribution in [2.24, 2.45) is 11.3 Å². The van der Waals surface area contributed by atoms with Crippen LogP contribution in [0.15, 0.2) is 18.2 Å². The van der Waals surface area contributed by atoms with Gasteiger partial charge in [-0.15, -0.1) is 0 Å². The van der Waals surface area contributed by atoms with Crippen molar-refractivity contribution in [2.45, 2.75) is 39.0 Å². The number of Topliss-reactive ketones (excluding diaryl/α,β-unsaturated/α-hetero) is 1. The van der Waals surface area contributed by atoms with Crippen LogP contribution in [0.4, 0.5) is 0 Å². The first-order chi connectivity index (χ1) is 8.10. The van der Waals surface area contributed by atoms with Crippen molar-refractivity contribution in [3.63, 3.8) is 0 Å². The predicted octanol–water partition coefficient (Wildman–Crippen LogP) is 4.28. The maximum Gasteiger partial charge on any atom is 0.166 e. The number of ketones is 1. The minimum Gasteiger partial charge on any atom is -0.294 e. The molecule has 0 spiro atoms. The quantitative estimate of drug-likeness (QED) is 0.670. The summed E-state index contributed by atoms with van der Waals surface area (Å²) >= 11 is 6.00. The Morgan fingerprint density at radius 3 is 3.00 bits per heavy atom. The van der Waals surface area contributed by atoms with Gasteiger partial charge in [0.1, 0.15) is 0 Å². The van der Waals surface area contributed by atoms with Crippen LogP contribution in [0.2, 0.25) is 5.02 Å². The summed E-state index contributed by atoms with van der Waals surface area (Å²) in [5, 5.41) is 0.677. The second-order valence-electron chi connectivity index (χ2n) is 5.79. The topological polar surface area (TPSA) is 17.1 Å². The highest BCUT2D eigenvalue weighted by molar-refractivity contribution is 6.31. The van der Waals surface area contributed by atoms with Crippen LogP contribution < -0.4 is 0 Å². The van der Waals surface area contributed by atoms with E-state index in [0.717, 1.165) is 18.4 Å². The third-order valence-electron chi connectivity index (χ3n) is 4.58. The normalized spacial score (nSPS) is 31.9. The molecule has 1 saturated carbocycles. The summed E-state index contributed by atoms with van der Waals surface area (Å²) in [5.41, 5.74) is 2.26. The summed E-state index contributed by atoms with van der Waals surface area (Å²) in [6.45, 7) is 2.28. The molecule has 0 saturated heterocycles. The molecule has 1 nitrogen and oxygen atoms in total. The van der Waals surface area contributed by atoms with E-state index >= 15 is 0 Å². The van der Waals surface area contributed by atoms with Crippen LogP contribution in [0.5, 0.6) is 0 Å². The highest BCUT2D eigenvalue weighted by atomic mass is 35.5. The molecule has 1 aromatic carbocycles. The number of carbonyl (C=O) groups is 1. The number of benzene rings is 1. The molecule has 3 rings (SSSR count). The first-order valence-corrected chi connectivity index (χ1v) is 6.81.